The van der Waals surface area contributed by atoms with Crippen molar-refractivity contribution in [2.45, 2.75) is 6.42 Å². The maximum atomic E-state index is 11.8. The largest absolute Gasteiger partial charge is 0.507 e. The van der Waals surface area contributed by atoms with Gasteiger partial charge < -0.3 is 9.84 Å². The van der Waals surface area contributed by atoms with Gasteiger partial charge in [0.2, 0.25) is 0 Å². The van der Waals surface area contributed by atoms with Crippen LogP contribution in [0.15, 0.2) is 42.5 Å². The molecule has 1 aliphatic rings. The summed E-state index contributed by atoms with van der Waals surface area (Å²) >= 11 is 0. The minimum Gasteiger partial charge on any atom is -0.507 e. The van der Waals surface area contributed by atoms with Crippen LogP contribution >= 0.6 is 0 Å². The van der Waals surface area contributed by atoms with Gasteiger partial charge in [0.05, 0.1) is 17.7 Å². The predicted octanol–water partition coefficient (Wildman–Crippen LogP) is 3.02. The lowest BCUT2D eigenvalue weighted by Crippen LogP contribution is -2.15. The molecular weight excluding hydrogens is 228 g/mol. The molecule has 0 radical (unpaired) electrons. The fourth-order valence-corrected chi connectivity index (χ4v) is 2.21. The van der Waals surface area contributed by atoms with E-state index in [-0.39, 0.29) is 11.5 Å². The molecule has 0 aliphatic carbocycles. The molecule has 1 heterocycles. The Morgan fingerprint density at radius 3 is 2.61 bits per heavy atom. The number of ether oxygens (including phenoxy) is 1. The SMILES string of the molecule is O=C1CCOc2c1ccc(O)c2-c1ccccc1. The van der Waals surface area contributed by atoms with Crippen molar-refractivity contribution in [3.05, 3.63) is 48.0 Å². The Kier molecular flexibility index (Phi) is 2.52. The second-order valence-corrected chi connectivity index (χ2v) is 4.22. The van der Waals surface area contributed by atoms with Gasteiger partial charge in [0.1, 0.15) is 11.5 Å². The van der Waals surface area contributed by atoms with Crippen molar-refractivity contribution in [3.8, 4) is 22.6 Å². The number of ketones is 1. The lowest BCUT2D eigenvalue weighted by Gasteiger charge is -2.20. The summed E-state index contributed by atoms with van der Waals surface area (Å²) in [5.41, 5.74) is 2.00. The molecule has 3 heteroatoms. The fourth-order valence-electron chi connectivity index (χ4n) is 2.21. The zero-order valence-corrected chi connectivity index (χ0v) is 9.72. The number of phenols is 1. The normalized spacial score (nSPS) is 13.9. The summed E-state index contributed by atoms with van der Waals surface area (Å²) in [5, 5.41) is 10.0. The second-order valence-electron chi connectivity index (χ2n) is 4.22. The molecule has 0 saturated heterocycles. The number of carbonyl (C=O) groups is 1. The Bertz CT molecular complexity index is 603. The molecule has 1 aliphatic heterocycles. The van der Waals surface area contributed by atoms with Crippen molar-refractivity contribution < 1.29 is 14.6 Å². The third-order valence-electron chi connectivity index (χ3n) is 3.07. The standard InChI is InChI=1S/C15H12O3/c16-12-8-9-18-15-11(12)6-7-13(17)14(15)10-4-2-1-3-5-10/h1-7,17H,8-9H2. The van der Waals surface area contributed by atoms with E-state index in [9.17, 15) is 9.90 Å². The number of Topliss-reactive ketones (excluding diaryl/α,β-unsaturated/α-hetero) is 1. The van der Waals surface area contributed by atoms with Crippen LogP contribution in [0.1, 0.15) is 16.8 Å². The number of fused-ring (bicyclic) bond motifs is 1. The average molecular weight is 240 g/mol. The number of rotatable bonds is 1. The van der Waals surface area contributed by atoms with E-state index in [1.54, 1.807) is 12.1 Å². The smallest absolute Gasteiger partial charge is 0.170 e. The van der Waals surface area contributed by atoms with Crippen LogP contribution in [0.3, 0.4) is 0 Å². The van der Waals surface area contributed by atoms with Crippen molar-refractivity contribution in [1.29, 1.82) is 0 Å². The highest BCUT2D eigenvalue weighted by atomic mass is 16.5. The molecule has 0 spiro atoms. The molecule has 2 aromatic carbocycles. The monoisotopic (exact) mass is 240 g/mol. The summed E-state index contributed by atoms with van der Waals surface area (Å²) in [6.07, 6.45) is 0.395. The van der Waals surface area contributed by atoms with Crippen LogP contribution in [0.4, 0.5) is 0 Å². The van der Waals surface area contributed by atoms with E-state index in [1.807, 2.05) is 30.3 Å². The summed E-state index contributed by atoms with van der Waals surface area (Å²) in [6, 6.07) is 12.6. The van der Waals surface area contributed by atoms with Gasteiger partial charge >= 0.3 is 0 Å². The van der Waals surface area contributed by atoms with Crippen molar-refractivity contribution in [2.24, 2.45) is 0 Å². The third kappa shape index (κ3) is 1.64. The first-order chi connectivity index (χ1) is 8.77. The molecule has 0 unspecified atom stereocenters. The molecule has 0 fully saturated rings. The van der Waals surface area contributed by atoms with Crippen LogP contribution in [-0.2, 0) is 0 Å². The van der Waals surface area contributed by atoms with E-state index < -0.39 is 0 Å². The summed E-state index contributed by atoms with van der Waals surface area (Å²) in [4.78, 5) is 11.8. The van der Waals surface area contributed by atoms with Gasteiger partial charge in [-0.1, -0.05) is 30.3 Å². The summed E-state index contributed by atoms with van der Waals surface area (Å²) < 4.78 is 5.58. The molecule has 0 saturated carbocycles. The molecule has 3 rings (SSSR count). The fraction of sp³-hybridized carbons (Fsp3) is 0.133. The lowest BCUT2D eigenvalue weighted by atomic mass is 9.96. The van der Waals surface area contributed by atoms with Gasteiger partial charge in [0.15, 0.2) is 5.78 Å². The molecule has 2 aromatic rings. The van der Waals surface area contributed by atoms with Crippen LogP contribution in [0.25, 0.3) is 11.1 Å². The van der Waals surface area contributed by atoms with E-state index in [0.717, 1.165) is 5.56 Å². The van der Waals surface area contributed by atoms with Crippen LogP contribution in [-0.4, -0.2) is 17.5 Å². The maximum absolute atomic E-state index is 11.8. The highest BCUT2D eigenvalue weighted by Crippen LogP contribution is 2.42. The number of aromatic hydroxyl groups is 1. The van der Waals surface area contributed by atoms with Gasteiger partial charge in [-0.15, -0.1) is 0 Å². The van der Waals surface area contributed by atoms with Crippen LogP contribution < -0.4 is 4.74 Å². The van der Waals surface area contributed by atoms with E-state index in [0.29, 0.717) is 29.9 Å². The molecule has 1 N–H and O–H groups in total. The average Bonchev–Trinajstić information content (AvgIpc) is 2.40. The van der Waals surface area contributed by atoms with Gasteiger partial charge in [-0.25, -0.2) is 0 Å². The highest BCUT2D eigenvalue weighted by molar-refractivity contribution is 6.02. The zero-order valence-electron chi connectivity index (χ0n) is 9.72. The van der Waals surface area contributed by atoms with Crippen molar-refractivity contribution in [2.75, 3.05) is 6.61 Å². The Morgan fingerprint density at radius 1 is 1.06 bits per heavy atom. The molecule has 0 atom stereocenters. The van der Waals surface area contributed by atoms with Crippen LogP contribution in [0, 0.1) is 0 Å². The number of benzene rings is 2. The highest BCUT2D eigenvalue weighted by Gasteiger charge is 2.24. The number of hydrogen-bond acceptors (Lipinski definition) is 3. The van der Waals surface area contributed by atoms with Crippen LogP contribution in [0.2, 0.25) is 0 Å². The van der Waals surface area contributed by atoms with Gasteiger partial charge in [-0.3, -0.25) is 4.79 Å². The predicted molar refractivity (Wildman–Crippen MR) is 68.0 cm³/mol. The van der Waals surface area contributed by atoms with E-state index in [2.05, 4.69) is 0 Å². The quantitative estimate of drug-likeness (QED) is 0.833. The second kappa shape index (κ2) is 4.18. The number of phenolic OH excluding ortho intramolecular Hbond substituents is 1. The summed E-state index contributed by atoms with van der Waals surface area (Å²) in [6.45, 7) is 0.370. The van der Waals surface area contributed by atoms with Gasteiger partial charge in [0.25, 0.3) is 0 Å². The molecule has 0 bridgehead atoms. The minimum atomic E-state index is 0.0634. The van der Waals surface area contributed by atoms with E-state index in [4.69, 9.17) is 4.74 Å². The Morgan fingerprint density at radius 2 is 1.83 bits per heavy atom. The lowest BCUT2D eigenvalue weighted by molar-refractivity contribution is 0.0934. The number of carbonyl (C=O) groups excluding carboxylic acids is 1. The first kappa shape index (κ1) is 10.8. The topological polar surface area (TPSA) is 46.5 Å². The summed E-state index contributed by atoms with van der Waals surface area (Å²) in [5.74, 6) is 0.695. The summed E-state index contributed by atoms with van der Waals surface area (Å²) in [7, 11) is 0. The van der Waals surface area contributed by atoms with Gasteiger partial charge in [-0.05, 0) is 17.7 Å². The van der Waals surface area contributed by atoms with E-state index >= 15 is 0 Å². The zero-order chi connectivity index (χ0) is 12.5. The van der Waals surface area contributed by atoms with Gasteiger partial charge in [0, 0.05) is 6.42 Å². The molecule has 90 valence electrons. The van der Waals surface area contributed by atoms with Crippen molar-refractivity contribution >= 4 is 5.78 Å². The Hall–Kier alpha value is -2.29. The molecule has 3 nitrogen and oxygen atoms in total. The van der Waals surface area contributed by atoms with E-state index in [1.165, 1.54) is 0 Å². The number of hydrogen-bond donors (Lipinski definition) is 1. The molecule has 0 amide bonds. The molecule has 18 heavy (non-hydrogen) atoms. The maximum Gasteiger partial charge on any atom is 0.170 e. The molecular formula is C15H12O3. The van der Waals surface area contributed by atoms with Crippen LogP contribution in [0.5, 0.6) is 11.5 Å². The Balaban J connectivity index is 2.26. The van der Waals surface area contributed by atoms with Crippen molar-refractivity contribution in [3.63, 3.8) is 0 Å². The van der Waals surface area contributed by atoms with Gasteiger partial charge in [-0.2, -0.15) is 0 Å². The van der Waals surface area contributed by atoms with Crippen molar-refractivity contribution in [1.82, 2.24) is 0 Å². The first-order valence-corrected chi connectivity index (χ1v) is 5.85. The molecule has 0 aromatic heterocycles. The Labute approximate surface area is 105 Å². The first-order valence-electron chi connectivity index (χ1n) is 5.85. The third-order valence-corrected chi connectivity index (χ3v) is 3.07. The minimum absolute atomic E-state index is 0.0634.